The number of piperidine rings is 1. The molecule has 2 aliphatic rings. The van der Waals surface area contributed by atoms with E-state index in [0.29, 0.717) is 0 Å². The number of aromatic nitrogens is 2. The van der Waals surface area contributed by atoms with E-state index >= 15 is 0 Å². The predicted octanol–water partition coefficient (Wildman–Crippen LogP) is 3.96. The molecule has 32 heavy (non-hydrogen) atoms. The van der Waals surface area contributed by atoms with Crippen LogP contribution in [0.5, 0.6) is 0 Å². The molecule has 6 nitrogen and oxygen atoms in total. The zero-order valence-electron chi connectivity index (χ0n) is 18.0. The maximum Gasteiger partial charge on any atom is 0.490 e. The first-order valence-electron chi connectivity index (χ1n) is 10.4. The molecule has 4 rings (SSSR count). The molecule has 1 saturated heterocycles. The summed E-state index contributed by atoms with van der Waals surface area (Å²) in [5.41, 5.74) is 4.27. The van der Waals surface area contributed by atoms with E-state index in [4.69, 9.17) is 9.90 Å². The van der Waals surface area contributed by atoms with Gasteiger partial charge in [-0.15, -0.1) is 11.7 Å². The molecule has 0 saturated carbocycles. The molecule has 172 valence electrons. The molecule has 1 N–H and O–H groups in total. The third kappa shape index (κ3) is 5.45. The van der Waals surface area contributed by atoms with Crippen LogP contribution in [0.1, 0.15) is 29.7 Å². The number of aliphatic carboxylic acids is 1. The molecular formula is C23H27F3N4O2. The van der Waals surface area contributed by atoms with E-state index in [1.165, 1.54) is 5.56 Å². The molecule has 9 heteroatoms. The van der Waals surface area contributed by atoms with Crippen molar-refractivity contribution in [2.75, 3.05) is 31.1 Å². The van der Waals surface area contributed by atoms with E-state index in [2.05, 4.69) is 63.0 Å². The third-order valence-electron chi connectivity index (χ3n) is 5.97. The highest BCUT2D eigenvalue weighted by Gasteiger charge is 2.42. The Hall–Kier alpha value is -2.94. The predicted molar refractivity (Wildman–Crippen MR) is 116 cm³/mol. The lowest BCUT2D eigenvalue weighted by atomic mass is 9.69. The molecule has 0 atom stereocenters. The standard InChI is InChI=1S/C21H26N4.C2HF3O2/c1-3-12-24-15-18-6-4-5-7-19(18)21(16-24)10-13-25(14-11-21)20-9-8-17(2)22-23-20;3-2(4,5)1(6)7/h3-9H,1,10-16H2,2H3;(H,6,7). The van der Waals surface area contributed by atoms with Crippen LogP contribution in [0.15, 0.2) is 49.1 Å². The van der Waals surface area contributed by atoms with Crippen LogP contribution < -0.4 is 4.90 Å². The Morgan fingerprint density at radius 1 is 1.19 bits per heavy atom. The minimum Gasteiger partial charge on any atom is -0.475 e. The summed E-state index contributed by atoms with van der Waals surface area (Å²) in [6, 6.07) is 13.2. The molecule has 1 spiro atoms. The van der Waals surface area contributed by atoms with Crippen LogP contribution in [-0.2, 0) is 16.8 Å². The number of alkyl halides is 3. The molecule has 1 aromatic carbocycles. The van der Waals surface area contributed by atoms with Crippen LogP contribution in [0.4, 0.5) is 19.0 Å². The van der Waals surface area contributed by atoms with Crippen LogP contribution in [0.25, 0.3) is 0 Å². The van der Waals surface area contributed by atoms with Crippen molar-refractivity contribution in [2.24, 2.45) is 0 Å². The topological polar surface area (TPSA) is 69.6 Å². The minimum absolute atomic E-state index is 0.256. The van der Waals surface area contributed by atoms with Crippen molar-refractivity contribution in [1.29, 1.82) is 0 Å². The molecule has 2 aromatic rings. The lowest BCUT2D eigenvalue weighted by Gasteiger charge is -2.48. The molecule has 0 bridgehead atoms. The van der Waals surface area contributed by atoms with Crippen LogP contribution in [0.3, 0.4) is 0 Å². The summed E-state index contributed by atoms with van der Waals surface area (Å²) in [6.07, 6.45) is -0.737. The van der Waals surface area contributed by atoms with E-state index < -0.39 is 12.1 Å². The number of fused-ring (bicyclic) bond motifs is 2. The summed E-state index contributed by atoms with van der Waals surface area (Å²) in [6.45, 7) is 11.1. The maximum atomic E-state index is 10.6. The largest absolute Gasteiger partial charge is 0.490 e. The van der Waals surface area contributed by atoms with Crippen LogP contribution in [0.2, 0.25) is 0 Å². The molecule has 0 radical (unpaired) electrons. The Labute approximate surface area is 185 Å². The second-order valence-electron chi connectivity index (χ2n) is 8.22. The first-order chi connectivity index (χ1) is 15.1. The SMILES string of the molecule is C=CCN1Cc2ccccc2C2(CCN(c3ccc(C)nn3)CC2)C1.O=C(O)C(F)(F)F. The van der Waals surface area contributed by atoms with Gasteiger partial charge < -0.3 is 10.0 Å². The van der Waals surface area contributed by atoms with Gasteiger partial charge in [0.15, 0.2) is 5.82 Å². The molecule has 0 unspecified atom stereocenters. The Morgan fingerprint density at radius 3 is 2.41 bits per heavy atom. The van der Waals surface area contributed by atoms with E-state index in [1.54, 1.807) is 5.56 Å². The minimum atomic E-state index is -5.08. The molecule has 0 aliphatic carbocycles. The van der Waals surface area contributed by atoms with Crippen molar-refractivity contribution in [3.8, 4) is 0 Å². The molecule has 1 fully saturated rings. The van der Waals surface area contributed by atoms with E-state index in [0.717, 1.165) is 57.1 Å². The molecule has 0 amide bonds. The number of nitrogens with zero attached hydrogens (tertiary/aromatic N) is 4. The van der Waals surface area contributed by atoms with Crippen molar-refractivity contribution < 1.29 is 23.1 Å². The number of aryl methyl sites for hydroxylation is 1. The summed E-state index contributed by atoms with van der Waals surface area (Å²) >= 11 is 0. The number of benzene rings is 1. The first-order valence-corrected chi connectivity index (χ1v) is 10.4. The van der Waals surface area contributed by atoms with Gasteiger partial charge in [-0.3, -0.25) is 4.90 Å². The quantitative estimate of drug-likeness (QED) is 0.717. The van der Waals surface area contributed by atoms with Gasteiger partial charge in [0.1, 0.15) is 0 Å². The van der Waals surface area contributed by atoms with Gasteiger partial charge in [0.25, 0.3) is 0 Å². The molecule has 2 aliphatic heterocycles. The fourth-order valence-corrected chi connectivity index (χ4v) is 4.45. The van der Waals surface area contributed by atoms with Crippen molar-refractivity contribution in [3.05, 3.63) is 65.9 Å². The highest BCUT2D eigenvalue weighted by Crippen LogP contribution is 2.42. The van der Waals surface area contributed by atoms with Gasteiger partial charge in [0, 0.05) is 38.1 Å². The van der Waals surface area contributed by atoms with Crippen LogP contribution in [-0.4, -0.2) is 58.5 Å². The normalized spacial score (nSPS) is 17.8. The van der Waals surface area contributed by atoms with Crippen LogP contribution >= 0.6 is 0 Å². The van der Waals surface area contributed by atoms with Gasteiger partial charge in [-0.25, -0.2) is 4.79 Å². The molecule has 3 heterocycles. The second kappa shape index (κ2) is 9.68. The fraction of sp³-hybridized carbons (Fsp3) is 0.435. The number of rotatable bonds is 3. The third-order valence-corrected chi connectivity index (χ3v) is 5.97. The van der Waals surface area contributed by atoms with Crippen LogP contribution in [0, 0.1) is 6.92 Å². The summed E-state index contributed by atoms with van der Waals surface area (Å²) in [7, 11) is 0. The lowest BCUT2D eigenvalue weighted by Crippen LogP contribution is -2.52. The van der Waals surface area contributed by atoms with Crippen molar-refractivity contribution in [1.82, 2.24) is 15.1 Å². The van der Waals surface area contributed by atoms with Crippen molar-refractivity contribution in [2.45, 2.75) is 37.9 Å². The van der Waals surface area contributed by atoms with Crippen molar-refractivity contribution >= 4 is 11.8 Å². The molecular weight excluding hydrogens is 421 g/mol. The fourth-order valence-electron chi connectivity index (χ4n) is 4.45. The Morgan fingerprint density at radius 2 is 1.84 bits per heavy atom. The van der Waals surface area contributed by atoms with E-state index in [1.807, 2.05) is 13.0 Å². The summed E-state index contributed by atoms with van der Waals surface area (Å²) in [5, 5.41) is 15.7. The summed E-state index contributed by atoms with van der Waals surface area (Å²) in [4.78, 5) is 13.8. The monoisotopic (exact) mass is 448 g/mol. The van der Waals surface area contributed by atoms with Gasteiger partial charge in [-0.1, -0.05) is 30.3 Å². The van der Waals surface area contributed by atoms with Gasteiger partial charge in [-0.2, -0.15) is 18.3 Å². The number of carboxylic acids is 1. The number of anilines is 1. The average molecular weight is 448 g/mol. The smallest absolute Gasteiger partial charge is 0.475 e. The van der Waals surface area contributed by atoms with Gasteiger partial charge >= 0.3 is 12.1 Å². The number of halogens is 3. The van der Waals surface area contributed by atoms with Gasteiger partial charge in [-0.05, 0) is 43.0 Å². The van der Waals surface area contributed by atoms with Gasteiger partial charge in [0.05, 0.1) is 5.69 Å². The first kappa shape index (κ1) is 23.7. The number of carboxylic acid groups (broad SMARTS) is 1. The lowest BCUT2D eigenvalue weighted by molar-refractivity contribution is -0.192. The Bertz CT molecular complexity index is 939. The Balaban J connectivity index is 0.000000360. The molecule has 1 aromatic heterocycles. The highest BCUT2D eigenvalue weighted by molar-refractivity contribution is 5.73. The van der Waals surface area contributed by atoms with E-state index in [-0.39, 0.29) is 5.41 Å². The highest BCUT2D eigenvalue weighted by atomic mass is 19.4. The Kier molecular flexibility index (Phi) is 7.18. The number of hydrogen-bond acceptors (Lipinski definition) is 5. The summed E-state index contributed by atoms with van der Waals surface area (Å²) < 4.78 is 31.7. The van der Waals surface area contributed by atoms with E-state index in [9.17, 15) is 13.2 Å². The second-order valence-corrected chi connectivity index (χ2v) is 8.22. The van der Waals surface area contributed by atoms with Crippen molar-refractivity contribution in [3.63, 3.8) is 0 Å². The number of hydrogen-bond donors (Lipinski definition) is 1. The zero-order valence-corrected chi connectivity index (χ0v) is 18.0. The summed E-state index contributed by atoms with van der Waals surface area (Å²) in [5.74, 6) is -1.75. The van der Waals surface area contributed by atoms with Gasteiger partial charge in [0.2, 0.25) is 0 Å². The number of carbonyl (C=O) groups is 1. The average Bonchev–Trinajstić information content (AvgIpc) is 2.75. The maximum absolute atomic E-state index is 10.6. The zero-order chi connectivity index (χ0) is 23.4.